The number of rotatable bonds is 5. The molecule has 1 aromatic carbocycles. The first-order chi connectivity index (χ1) is 10.5. The van der Waals surface area contributed by atoms with Gasteiger partial charge in [-0.2, -0.15) is 5.10 Å². The average molecular weight is 303 g/mol. The van der Waals surface area contributed by atoms with Gasteiger partial charge in [-0.15, -0.1) is 0 Å². The maximum atomic E-state index is 13.5. The van der Waals surface area contributed by atoms with Crippen molar-refractivity contribution >= 4 is 11.6 Å². The molecule has 0 aliphatic heterocycles. The minimum Gasteiger partial charge on any atom is -0.494 e. The van der Waals surface area contributed by atoms with E-state index in [1.807, 2.05) is 20.2 Å². The summed E-state index contributed by atoms with van der Waals surface area (Å²) in [6, 6.07) is 4.29. The van der Waals surface area contributed by atoms with Gasteiger partial charge in [0.1, 0.15) is 0 Å². The normalized spacial score (nSPS) is 10.4. The van der Waals surface area contributed by atoms with Crippen LogP contribution in [-0.2, 0) is 18.4 Å². The van der Waals surface area contributed by atoms with Gasteiger partial charge in [-0.25, -0.2) is 4.39 Å². The molecule has 0 atom stereocenters. The third kappa shape index (κ3) is 3.16. The molecule has 1 aromatic heterocycles. The van der Waals surface area contributed by atoms with Crippen LogP contribution in [0.4, 0.5) is 10.1 Å². The Labute approximate surface area is 128 Å². The van der Waals surface area contributed by atoms with Crippen molar-refractivity contribution in [3.8, 4) is 5.75 Å². The molecule has 0 saturated carbocycles. The number of anilines is 1. The molecular weight excluding hydrogens is 285 g/mol. The fourth-order valence-corrected chi connectivity index (χ4v) is 2.20. The molecule has 0 unspecified atom stereocenters. The van der Waals surface area contributed by atoms with E-state index in [0.717, 1.165) is 11.3 Å². The molecule has 0 bridgehead atoms. The third-order valence-electron chi connectivity index (χ3n) is 3.33. The monoisotopic (exact) mass is 303 g/mol. The number of hydrogen-bond donors (Lipinski definition) is 0. The zero-order valence-corrected chi connectivity index (χ0v) is 12.8. The van der Waals surface area contributed by atoms with Crippen molar-refractivity contribution in [2.75, 3.05) is 12.0 Å². The van der Waals surface area contributed by atoms with Gasteiger partial charge in [0.15, 0.2) is 11.6 Å². The number of amides is 1. The van der Waals surface area contributed by atoms with E-state index in [-0.39, 0.29) is 11.7 Å². The van der Waals surface area contributed by atoms with E-state index < -0.39 is 5.82 Å². The highest BCUT2D eigenvalue weighted by atomic mass is 19.1. The zero-order valence-electron chi connectivity index (χ0n) is 12.8. The van der Waals surface area contributed by atoms with Crippen LogP contribution in [0.3, 0.4) is 0 Å². The molecule has 0 fully saturated rings. The third-order valence-corrected chi connectivity index (χ3v) is 3.33. The molecule has 0 spiro atoms. The summed E-state index contributed by atoms with van der Waals surface area (Å²) in [5.41, 5.74) is 2.27. The van der Waals surface area contributed by atoms with Crippen LogP contribution < -0.4 is 9.64 Å². The highest BCUT2D eigenvalue weighted by Crippen LogP contribution is 2.26. The Hall–Kier alpha value is -2.63. The van der Waals surface area contributed by atoms with Crippen LogP contribution in [0.1, 0.15) is 11.3 Å². The van der Waals surface area contributed by atoms with Crippen LogP contribution in [0.2, 0.25) is 0 Å². The van der Waals surface area contributed by atoms with Crippen LogP contribution >= 0.6 is 0 Å². The lowest BCUT2D eigenvalue weighted by Crippen LogP contribution is -2.28. The number of ether oxygens (including phenoxy) is 1. The Morgan fingerprint density at radius 1 is 1.55 bits per heavy atom. The molecule has 6 heteroatoms. The molecule has 1 heterocycles. The number of aryl methyl sites for hydroxylation is 2. The fourth-order valence-electron chi connectivity index (χ4n) is 2.20. The Kier molecular flexibility index (Phi) is 4.60. The van der Waals surface area contributed by atoms with Gasteiger partial charge in [-0.1, -0.05) is 6.58 Å². The maximum Gasteiger partial charge on any atom is 0.250 e. The minimum atomic E-state index is -0.477. The van der Waals surface area contributed by atoms with Gasteiger partial charge in [0, 0.05) is 30.6 Å². The molecule has 0 radical (unpaired) electrons. The highest BCUT2D eigenvalue weighted by molar-refractivity contribution is 6.01. The molecule has 5 nitrogen and oxygen atoms in total. The maximum absolute atomic E-state index is 13.5. The van der Waals surface area contributed by atoms with Crippen LogP contribution in [-0.4, -0.2) is 22.8 Å². The number of halogens is 1. The van der Waals surface area contributed by atoms with E-state index >= 15 is 0 Å². The number of nitrogens with zero attached hydrogens (tertiary/aromatic N) is 3. The van der Waals surface area contributed by atoms with E-state index in [2.05, 4.69) is 11.7 Å². The second kappa shape index (κ2) is 6.43. The Morgan fingerprint density at radius 3 is 2.82 bits per heavy atom. The SMILES string of the molecule is C=CC(=O)N(Cc1cn(C)nc1C)c1ccc(F)c(OC)c1. The predicted molar refractivity (Wildman–Crippen MR) is 82.3 cm³/mol. The first-order valence-electron chi connectivity index (χ1n) is 6.73. The van der Waals surface area contributed by atoms with E-state index in [1.165, 1.54) is 36.3 Å². The van der Waals surface area contributed by atoms with Gasteiger partial charge in [0.2, 0.25) is 0 Å². The van der Waals surface area contributed by atoms with Gasteiger partial charge < -0.3 is 9.64 Å². The first-order valence-corrected chi connectivity index (χ1v) is 6.73. The van der Waals surface area contributed by atoms with Crippen molar-refractivity contribution in [3.05, 3.63) is 54.1 Å². The zero-order chi connectivity index (χ0) is 16.3. The van der Waals surface area contributed by atoms with Crippen molar-refractivity contribution in [2.45, 2.75) is 13.5 Å². The van der Waals surface area contributed by atoms with Crippen molar-refractivity contribution in [1.82, 2.24) is 9.78 Å². The molecule has 2 rings (SSSR count). The second-order valence-corrected chi connectivity index (χ2v) is 4.86. The molecule has 116 valence electrons. The second-order valence-electron chi connectivity index (χ2n) is 4.86. The van der Waals surface area contributed by atoms with E-state index in [4.69, 9.17) is 4.74 Å². The molecule has 2 aromatic rings. The largest absolute Gasteiger partial charge is 0.494 e. The van der Waals surface area contributed by atoms with E-state index in [0.29, 0.717) is 12.2 Å². The lowest BCUT2D eigenvalue weighted by Gasteiger charge is -2.21. The number of benzene rings is 1. The van der Waals surface area contributed by atoms with Crippen molar-refractivity contribution < 1.29 is 13.9 Å². The molecule has 1 amide bonds. The lowest BCUT2D eigenvalue weighted by atomic mass is 10.2. The van der Waals surface area contributed by atoms with Gasteiger partial charge in [0.25, 0.3) is 5.91 Å². The summed E-state index contributed by atoms with van der Waals surface area (Å²) in [4.78, 5) is 13.7. The molecule has 0 saturated heterocycles. The fraction of sp³-hybridized carbons (Fsp3) is 0.250. The minimum absolute atomic E-state index is 0.0854. The Morgan fingerprint density at radius 2 is 2.27 bits per heavy atom. The van der Waals surface area contributed by atoms with Gasteiger partial charge in [0.05, 0.1) is 19.3 Å². The van der Waals surface area contributed by atoms with Crippen LogP contribution in [0.15, 0.2) is 37.1 Å². The summed E-state index contributed by atoms with van der Waals surface area (Å²) in [7, 11) is 3.20. The van der Waals surface area contributed by atoms with Gasteiger partial charge in [-0.05, 0) is 25.1 Å². The smallest absolute Gasteiger partial charge is 0.250 e. The number of aromatic nitrogens is 2. The van der Waals surface area contributed by atoms with Crippen molar-refractivity contribution in [2.24, 2.45) is 7.05 Å². The number of carbonyl (C=O) groups excluding carboxylic acids is 1. The summed E-state index contributed by atoms with van der Waals surface area (Å²) < 4.78 is 20.2. The molecule has 0 N–H and O–H groups in total. The quantitative estimate of drug-likeness (QED) is 0.798. The number of hydrogen-bond acceptors (Lipinski definition) is 3. The Bertz CT molecular complexity index is 709. The van der Waals surface area contributed by atoms with Crippen LogP contribution in [0.25, 0.3) is 0 Å². The summed E-state index contributed by atoms with van der Waals surface area (Å²) >= 11 is 0. The van der Waals surface area contributed by atoms with Crippen molar-refractivity contribution in [1.29, 1.82) is 0 Å². The average Bonchev–Trinajstić information content (AvgIpc) is 2.82. The topological polar surface area (TPSA) is 47.4 Å². The lowest BCUT2D eigenvalue weighted by molar-refractivity contribution is -0.114. The van der Waals surface area contributed by atoms with Crippen LogP contribution in [0, 0.1) is 12.7 Å². The Balaban J connectivity index is 2.40. The molecule has 0 aliphatic rings. The summed E-state index contributed by atoms with van der Waals surface area (Å²) in [5.74, 6) is -0.672. The van der Waals surface area contributed by atoms with Crippen LogP contribution in [0.5, 0.6) is 5.75 Å². The first kappa shape index (κ1) is 15.8. The van der Waals surface area contributed by atoms with Gasteiger partial charge in [-0.3, -0.25) is 9.48 Å². The molecule has 22 heavy (non-hydrogen) atoms. The van der Waals surface area contributed by atoms with Crippen molar-refractivity contribution in [3.63, 3.8) is 0 Å². The standard InChI is InChI=1S/C16H18FN3O2/c1-5-16(21)20(10-12-9-19(3)18-11(12)2)13-6-7-14(17)15(8-13)22-4/h5-9H,1,10H2,2-4H3. The predicted octanol–water partition coefficient (Wildman–Crippen LogP) is 2.60. The highest BCUT2D eigenvalue weighted by Gasteiger charge is 2.17. The van der Waals surface area contributed by atoms with Gasteiger partial charge >= 0.3 is 0 Å². The van der Waals surface area contributed by atoms with E-state index in [9.17, 15) is 9.18 Å². The molecular formula is C16H18FN3O2. The molecule has 0 aliphatic carbocycles. The number of carbonyl (C=O) groups is 1. The summed E-state index contributed by atoms with van der Waals surface area (Å²) in [6.45, 7) is 5.71. The van der Waals surface area contributed by atoms with E-state index in [1.54, 1.807) is 4.68 Å². The summed E-state index contributed by atoms with van der Waals surface area (Å²) in [5, 5.41) is 4.26. The summed E-state index contributed by atoms with van der Waals surface area (Å²) in [6.07, 6.45) is 3.07. The number of methoxy groups -OCH3 is 1.